The van der Waals surface area contributed by atoms with Gasteiger partial charge >= 0.3 is 0 Å². The van der Waals surface area contributed by atoms with Crippen molar-refractivity contribution in [1.82, 2.24) is 20.1 Å². The predicted octanol–water partition coefficient (Wildman–Crippen LogP) is 2.42. The Kier molecular flexibility index (Phi) is 6.07. The second-order valence-electron chi connectivity index (χ2n) is 8.91. The molecule has 2 aliphatic rings. The van der Waals surface area contributed by atoms with Crippen LogP contribution in [-0.4, -0.2) is 69.5 Å². The highest BCUT2D eigenvalue weighted by atomic mass is 16.3. The average Bonchev–Trinajstić information content (AvgIpc) is 3.58. The van der Waals surface area contributed by atoms with Crippen molar-refractivity contribution in [3.63, 3.8) is 0 Å². The zero-order valence-electron chi connectivity index (χ0n) is 19.3. The number of hydrogen-bond acceptors (Lipinski definition) is 6. The maximum absolute atomic E-state index is 13.5. The molecule has 0 bridgehead atoms. The molecule has 0 spiro atoms. The molecule has 3 atom stereocenters. The summed E-state index contributed by atoms with van der Waals surface area (Å²) in [6, 6.07) is 12.1. The third-order valence-corrected chi connectivity index (χ3v) is 6.68. The minimum atomic E-state index is -0.798. The fraction of sp³-hybridized carbons (Fsp3) is 0.346. The number of rotatable bonds is 6. The molecule has 3 amide bonds. The first kappa shape index (κ1) is 22.8. The highest BCUT2D eigenvalue weighted by Crippen LogP contribution is 2.31. The standard InChI is InChI=1S/C26H26N4O5/c1-2-7-18(28-24(32)22-14-16-8-3-4-10-21(16)35-22)26(34)29-13-11-19-23(29)20(31)15-30(19)25(33)17-9-5-6-12-27-17/h3-6,8-10,12,14,18-19,23H,2,7,11,13,15H2,1H3,(H,28,32). The summed E-state index contributed by atoms with van der Waals surface area (Å²) in [4.78, 5) is 59.5. The van der Waals surface area contributed by atoms with Crippen LogP contribution in [0.1, 0.15) is 47.2 Å². The van der Waals surface area contributed by atoms with E-state index in [9.17, 15) is 19.2 Å². The molecule has 1 N–H and O–H groups in total. The lowest BCUT2D eigenvalue weighted by atomic mass is 10.1. The molecule has 2 saturated heterocycles. The highest BCUT2D eigenvalue weighted by molar-refractivity contribution is 6.03. The molecule has 0 radical (unpaired) electrons. The first-order valence-electron chi connectivity index (χ1n) is 11.8. The molecule has 180 valence electrons. The summed E-state index contributed by atoms with van der Waals surface area (Å²) in [6.45, 7) is 2.21. The van der Waals surface area contributed by atoms with E-state index < -0.39 is 24.0 Å². The first-order valence-corrected chi connectivity index (χ1v) is 11.8. The molecule has 3 aromatic rings. The van der Waals surface area contributed by atoms with Gasteiger partial charge in [-0.15, -0.1) is 0 Å². The number of pyridine rings is 1. The van der Waals surface area contributed by atoms with Gasteiger partial charge in [-0.05, 0) is 37.1 Å². The van der Waals surface area contributed by atoms with Gasteiger partial charge in [0.15, 0.2) is 11.5 Å². The Morgan fingerprint density at radius 1 is 1.14 bits per heavy atom. The average molecular weight is 475 g/mol. The Hall–Kier alpha value is -4.01. The molecule has 1 aromatic carbocycles. The number of benzene rings is 1. The van der Waals surface area contributed by atoms with Crippen LogP contribution in [-0.2, 0) is 9.59 Å². The summed E-state index contributed by atoms with van der Waals surface area (Å²) in [5, 5.41) is 3.60. The molecule has 2 aromatic heterocycles. The Morgan fingerprint density at radius 2 is 1.94 bits per heavy atom. The van der Waals surface area contributed by atoms with Crippen molar-refractivity contribution in [3.05, 3.63) is 66.2 Å². The van der Waals surface area contributed by atoms with E-state index in [1.165, 1.54) is 16.0 Å². The predicted molar refractivity (Wildman–Crippen MR) is 127 cm³/mol. The molecule has 2 aliphatic heterocycles. The monoisotopic (exact) mass is 474 g/mol. The summed E-state index contributed by atoms with van der Waals surface area (Å²) >= 11 is 0. The van der Waals surface area contributed by atoms with Crippen LogP contribution in [0.2, 0.25) is 0 Å². The maximum atomic E-state index is 13.5. The van der Waals surface area contributed by atoms with Crippen LogP contribution in [0.3, 0.4) is 0 Å². The molecule has 3 unspecified atom stereocenters. The number of nitrogens with one attached hydrogen (secondary N) is 1. The minimum absolute atomic E-state index is 0.0572. The molecule has 35 heavy (non-hydrogen) atoms. The van der Waals surface area contributed by atoms with Crippen molar-refractivity contribution in [2.75, 3.05) is 13.1 Å². The third kappa shape index (κ3) is 4.18. The van der Waals surface area contributed by atoms with Crippen molar-refractivity contribution in [3.8, 4) is 0 Å². The molecular formula is C26H26N4O5. The number of carbonyl (C=O) groups is 4. The van der Waals surface area contributed by atoms with Gasteiger partial charge in [-0.25, -0.2) is 0 Å². The first-order chi connectivity index (χ1) is 17.0. The van der Waals surface area contributed by atoms with Gasteiger partial charge in [0.1, 0.15) is 23.4 Å². The van der Waals surface area contributed by atoms with Crippen LogP contribution in [0.25, 0.3) is 11.0 Å². The summed E-state index contributed by atoms with van der Waals surface area (Å²) in [5.74, 6) is -1.16. The smallest absolute Gasteiger partial charge is 0.287 e. The van der Waals surface area contributed by atoms with E-state index in [2.05, 4.69) is 10.3 Å². The Morgan fingerprint density at radius 3 is 2.69 bits per heavy atom. The van der Waals surface area contributed by atoms with Gasteiger partial charge in [-0.1, -0.05) is 37.6 Å². The Labute approximate surface area is 202 Å². The number of aromatic nitrogens is 1. The van der Waals surface area contributed by atoms with Crippen LogP contribution in [0.5, 0.6) is 0 Å². The van der Waals surface area contributed by atoms with Crippen molar-refractivity contribution in [2.45, 2.75) is 44.3 Å². The van der Waals surface area contributed by atoms with E-state index in [-0.39, 0.29) is 35.6 Å². The maximum Gasteiger partial charge on any atom is 0.287 e. The van der Waals surface area contributed by atoms with E-state index in [0.717, 1.165) is 5.39 Å². The summed E-state index contributed by atoms with van der Waals surface area (Å²) in [7, 11) is 0. The minimum Gasteiger partial charge on any atom is -0.451 e. The van der Waals surface area contributed by atoms with Crippen LogP contribution < -0.4 is 5.32 Å². The number of ketones is 1. The van der Waals surface area contributed by atoms with Crippen molar-refractivity contribution in [2.24, 2.45) is 0 Å². The number of carbonyl (C=O) groups excluding carboxylic acids is 4. The van der Waals surface area contributed by atoms with Gasteiger partial charge in [0, 0.05) is 18.1 Å². The number of fused-ring (bicyclic) bond motifs is 2. The number of amides is 3. The van der Waals surface area contributed by atoms with Crippen molar-refractivity contribution in [1.29, 1.82) is 0 Å². The number of furan rings is 1. The Bertz CT molecular complexity index is 1250. The third-order valence-electron chi connectivity index (χ3n) is 6.68. The molecule has 0 aliphatic carbocycles. The molecule has 9 nitrogen and oxygen atoms in total. The van der Waals surface area contributed by atoms with Gasteiger partial charge in [-0.3, -0.25) is 24.2 Å². The van der Waals surface area contributed by atoms with Crippen LogP contribution in [0.4, 0.5) is 0 Å². The molecule has 0 saturated carbocycles. The van der Waals surface area contributed by atoms with Crippen LogP contribution in [0, 0.1) is 0 Å². The van der Waals surface area contributed by atoms with Crippen LogP contribution >= 0.6 is 0 Å². The number of nitrogens with zero attached hydrogens (tertiary/aromatic N) is 3. The second-order valence-corrected chi connectivity index (χ2v) is 8.91. The number of Topliss-reactive ketones (excluding diaryl/α,β-unsaturated/α-hetero) is 1. The summed E-state index contributed by atoms with van der Waals surface area (Å²) in [6.07, 6.45) is 3.12. The van der Waals surface area contributed by atoms with E-state index >= 15 is 0 Å². The molecular weight excluding hydrogens is 448 g/mol. The molecule has 5 rings (SSSR count). The lowest BCUT2D eigenvalue weighted by molar-refractivity contribution is -0.138. The van der Waals surface area contributed by atoms with Gasteiger partial charge in [0.2, 0.25) is 5.91 Å². The van der Waals surface area contributed by atoms with Gasteiger partial charge < -0.3 is 19.5 Å². The number of hydrogen-bond donors (Lipinski definition) is 1. The van der Waals surface area contributed by atoms with Gasteiger partial charge in [-0.2, -0.15) is 0 Å². The fourth-order valence-electron chi connectivity index (χ4n) is 5.04. The lowest BCUT2D eigenvalue weighted by Crippen LogP contribution is -2.52. The normalized spacial score (nSPS) is 20.2. The van der Waals surface area contributed by atoms with E-state index in [1.54, 1.807) is 30.3 Å². The second kappa shape index (κ2) is 9.32. The highest BCUT2D eigenvalue weighted by Gasteiger charge is 2.52. The Balaban J connectivity index is 1.32. The molecule has 2 fully saturated rings. The van der Waals surface area contributed by atoms with Gasteiger partial charge in [0.05, 0.1) is 12.6 Å². The summed E-state index contributed by atoms with van der Waals surface area (Å²) < 4.78 is 5.64. The van der Waals surface area contributed by atoms with E-state index in [0.29, 0.717) is 31.4 Å². The zero-order valence-corrected chi connectivity index (χ0v) is 19.3. The SMILES string of the molecule is CCCC(NC(=O)c1cc2ccccc2o1)C(=O)N1CCC2C1C(=O)CN2C(=O)c1ccccn1. The van der Waals surface area contributed by atoms with Crippen LogP contribution in [0.15, 0.2) is 59.1 Å². The number of likely N-dealkylation sites (tertiary alicyclic amines) is 2. The zero-order chi connectivity index (χ0) is 24.5. The lowest BCUT2D eigenvalue weighted by Gasteiger charge is -2.28. The largest absolute Gasteiger partial charge is 0.451 e. The molecule has 4 heterocycles. The van der Waals surface area contributed by atoms with E-state index in [4.69, 9.17) is 4.42 Å². The topological polar surface area (TPSA) is 113 Å². The van der Waals surface area contributed by atoms with Gasteiger partial charge in [0.25, 0.3) is 11.8 Å². The van der Waals surface area contributed by atoms with Crippen molar-refractivity contribution >= 4 is 34.5 Å². The molecule has 9 heteroatoms. The summed E-state index contributed by atoms with van der Waals surface area (Å²) in [5.41, 5.74) is 0.861. The number of para-hydroxylation sites is 1. The van der Waals surface area contributed by atoms with E-state index in [1.807, 2.05) is 25.1 Å². The quantitative estimate of drug-likeness (QED) is 0.587. The fourth-order valence-corrected chi connectivity index (χ4v) is 5.04. The van der Waals surface area contributed by atoms with Crippen molar-refractivity contribution < 1.29 is 23.6 Å².